The Hall–Kier alpha value is -2.62. The Kier molecular flexibility index (Phi) is 4.72. The lowest BCUT2D eigenvalue weighted by molar-refractivity contribution is -0.154. The van der Waals surface area contributed by atoms with E-state index < -0.39 is 17.9 Å². The average Bonchev–Trinajstić information content (AvgIpc) is 2.48. The molecule has 108 valence electrons. The van der Waals surface area contributed by atoms with Gasteiger partial charge in [-0.1, -0.05) is 54.6 Å². The van der Waals surface area contributed by atoms with E-state index in [-0.39, 0.29) is 6.42 Å². The van der Waals surface area contributed by atoms with Crippen LogP contribution in [0.2, 0.25) is 0 Å². The highest BCUT2D eigenvalue weighted by Gasteiger charge is 2.25. The standard InChI is InChI=1S/C17H16O4/c18-16(19)15(17(20)21)11-10-13-8-4-5-9-14(13)12-6-2-1-3-7-12/h1-9,15H,10-11H2,(H,18,19)(H,20,21). The van der Waals surface area contributed by atoms with Crippen LogP contribution in [0.15, 0.2) is 54.6 Å². The third kappa shape index (κ3) is 3.69. The zero-order chi connectivity index (χ0) is 15.2. The van der Waals surface area contributed by atoms with Gasteiger partial charge >= 0.3 is 11.9 Å². The molecule has 4 nitrogen and oxygen atoms in total. The van der Waals surface area contributed by atoms with Crippen LogP contribution in [-0.4, -0.2) is 22.2 Å². The van der Waals surface area contributed by atoms with Crippen molar-refractivity contribution in [3.05, 3.63) is 60.2 Å². The molecule has 0 aliphatic heterocycles. The number of aliphatic carboxylic acids is 2. The predicted molar refractivity (Wildman–Crippen MR) is 79.0 cm³/mol. The van der Waals surface area contributed by atoms with Crippen LogP contribution in [0.4, 0.5) is 0 Å². The molecule has 0 radical (unpaired) electrons. The van der Waals surface area contributed by atoms with Crippen LogP contribution in [0, 0.1) is 5.92 Å². The highest BCUT2D eigenvalue weighted by molar-refractivity contribution is 5.92. The van der Waals surface area contributed by atoms with Gasteiger partial charge in [-0.15, -0.1) is 0 Å². The van der Waals surface area contributed by atoms with Gasteiger partial charge in [0.05, 0.1) is 0 Å². The van der Waals surface area contributed by atoms with Crippen molar-refractivity contribution in [3.63, 3.8) is 0 Å². The summed E-state index contributed by atoms with van der Waals surface area (Å²) in [6, 6.07) is 17.4. The SMILES string of the molecule is O=C(O)C(CCc1ccccc1-c1ccccc1)C(=O)O. The summed E-state index contributed by atoms with van der Waals surface area (Å²) >= 11 is 0. The third-order valence-corrected chi connectivity index (χ3v) is 3.40. The molecule has 0 aromatic heterocycles. The first-order valence-electron chi connectivity index (χ1n) is 6.68. The van der Waals surface area contributed by atoms with Crippen LogP contribution in [0.5, 0.6) is 0 Å². The van der Waals surface area contributed by atoms with Gasteiger partial charge in [0, 0.05) is 0 Å². The highest BCUT2D eigenvalue weighted by atomic mass is 16.4. The van der Waals surface area contributed by atoms with E-state index in [2.05, 4.69) is 0 Å². The summed E-state index contributed by atoms with van der Waals surface area (Å²) < 4.78 is 0. The maximum atomic E-state index is 10.9. The normalized spacial score (nSPS) is 10.5. The predicted octanol–water partition coefficient (Wildman–Crippen LogP) is 3.07. The Balaban J connectivity index is 2.22. The van der Waals surface area contributed by atoms with E-state index in [1.54, 1.807) is 0 Å². The quantitative estimate of drug-likeness (QED) is 0.799. The Bertz CT molecular complexity index is 620. The van der Waals surface area contributed by atoms with E-state index in [9.17, 15) is 9.59 Å². The topological polar surface area (TPSA) is 74.6 Å². The second-order valence-corrected chi connectivity index (χ2v) is 4.79. The molecule has 0 saturated heterocycles. The summed E-state index contributed by atoms with van der Waals surface area (Å²) in [5.74, 6) is -3.95. The van der Waals surface area contributed by atoms with Crippen LogP contribution in [-0.2, 0) is 16.0 Å². The second-order valence-electron chi connectivity index (χ2n) is 4.79. The summed E-state index contributed by atoms with van der Waals surface area (Å²) in [5, 5.41) is 17.9. The number of rotatable bonds is 6. The molecule has 0 bridgehead atoms. The van der Waals surface area contributed by atoms with Crippen molar-refractivity contribution in [2.24, 2.45) is 5.92 Å². The van der Waals surface area contributed by atoms with E-state index >= 15 is 0 Å². The van der Waals surface area contributed by atoms with Crippen LogP contribution in [0.3, 0.4) is 0 Å². The molecule has 0 atom stereocenters. The molecule has 0 spiro atoms. The molecule has 0 amide bonds. The first-order chi connectivity index (χ1) is 10.1. The lowest BCUT2D eigenvalue weighted by Crippen LogP contribution is -2.23. The first-order valence-corrected chi connectivity index (χ1v) is 6.68. The molecular weight excluding hydrogens is 268 g/mol. The zero-order valence-electron chi connectivity index (χ0n) is 11.4. The summed E-state index contributed by atoms with van der Waals surface area (Å²) in [5.41, 5.74) is 3.00. The van der Waals surface area contributed by atoms with Crippen LogP contribution in [0.1, 0.15) is 12.0 Å². The fraction of sp³-hybridized carbons (Fsp3) is 0.176. The average molecular weight is 284 g/mol. The van der Waals surface area contributed by atoms with Gasteiger partial charge in [-0.25, -0.2) is 0 Å². The van der Waals surface area contributed by atoms with Crippen molar-refractivity contribution in [2.75, 3.05) is 0 Å². The molecule has 21 heavy (non-hydrogen) atoms. The fourth-order valence-corrected chi connectivity index (χ4v) is 2.29. The molecule has 2 rings (SSSR count). The van der Waals surface area contributed by atoms with Gasteiger partial charge < -0.3 is 10.2 Å². The van der Waals surface area contributed by atoms with E-state index in [0.717, 1.165) is 16.7 Å². The monoisotopic (exact) mass is 284 g/mol. The van der Waals surface area contributed by atoms with Crippen molar-refractivity contribution >= 4 is 11.9 Å². The molecule has 0 fully saturated rings. The van der Waals surface area contributed by atoms with E-state index in [4.69, 9.17) is 10.2 Å². The number of carboxylic acids is 2. The number of carboxylic acid groups (broad SMARTS) is 2. The Labute approximate surface area is 122 Å². The molecule has 0 aliphatic carbocycles. The van der Waals surface area contributed by atoms with Crippen LogP contribution >= 0.6 is 0 Å². The summed E-state index contributed by atoms with van der Waals surface area (Å²) in [6.07, 6.45) is 0.489. The van der Waals surface area contributed by atoms with Gasteiger partial charge in [0.25, 0.3) is 0 Å². The van der Waals surface area contributed by atoms with Crippen molar-refractivity contribution in [3.8, 4) is 11.1 Å². The molecule has 2 N–H and O–H groups in total. The number of benzene rings is 2. The molecule has 0 unspecified atom stereocenters. The van der Waals surface area contributed by atoms with E-state index in [1.165, 1.54) is 0 Å². The fourth-order valence-electron chi connectivity index (χ4n) is 2.29. The number of carbonyl (C=O) groups is 2. The number of hydrogen-bond donors (Lipinski definition) is 2. The molecular formula is C17H16O4. The van der Waals surface area contributed by atoms with Gasteiger partial charge in [0.2, 0.25) is 0 Å². The Morgan fingerprint density at radius 1 is 0.857 bits per heavy atom. The van der Waals surface area contributed by atoms with Gasteiger partial charge in [0.1, 0.15) is 0 Å². The van der Waals surface area contributed by atoms with Crippen molar-refractivity contribution < 1.29 is 19.8 Å². The lowest BCUT2D eigenvalue weighted by Gasteiger charge is -2.11. The van der Waals surface area contributed by atoms with Crippen LogP contribution in [0.25, 0.3) is 11.1 Å². The molecule has 0 saturated carbocycles. The largest absolute Gasteiger partial charge is 0.481 e. The lowest BCUT2D eigenvalue weighted by atomic mass is 9.93. The summed E-state index contributed by atoms with van der Waals surface area (Å²) in [4.78, 5) is 21.9. The van der Waals surface area contributed by atoms with Gasteiger partial charge in [-0.3, -0.25) is 9.59 Å². The molecule has 2 aromatic carbocycles. The maximum absolute atomic E-state index is 10.9. The summed E-state index contributed by atoms with van der Waals surface area (Å²) in [6.45, 7) is 0. The molecule has 0 heterocycles. The minimum atomic E-state index is -1.37. The third-order valence-electron chi connectivity index (χ3n) is 3.40. The molecule has 2 aromatic rings. The summed E-state index contributed by atoms with van der Waals surface area (Å²) in [7, 11) is 0. The Morgan fingerprint density at radius 2 is 1.43 bits per heavy atom. The number of aryl methyl sites for hydroxylation is 1. The highest BCUT2D eigenvalue weighted by Crippen LogP contribution is 2.25. The molecule has 0 aliphatic rings. The van der Waals surface area contributed by atoms with E-state index in [0.29, 0.717) is 6.42 Å². The van der Waals surface area contributed by atoms with E-state index in [1.807, 2.05) is 54.6 Å². The van der Waals surface area contributed by atoms with Gasteiger partial charge in [-0.2, -0.15) is 0 Å². The number of hydrogen-bond acceptors (Lipinski definition) is 2. The Morgan fingerprint density at radius 3 is 2.05 bits per heavy atom. The minimum Gasteiger partial charge on any atom is -0.481 e. The van der Waals surface area contributed by atoms with Crippen molar-refractivity contribution in [1.82, 2.24) is 0 Å². The van der Waals surface area contributed by atoms with Crippen molar-refractivity contribution in [2.45, 2.75) is 12.8 Å². The zero-order valence-corrected chi connectivity index (χ0v) is 11.4. The van der Waals surface area contributed by atoms with Crippen LogP contribution < -0.4 is 0 Å². The minimum absolute atomic E-state index is 0.0779. The van der Waals surface area contributed by atoms with Gasteiger partial charge in [-0.05, 0) is 29.5 Å². The smallest absolute Gasteiger partial charge is 0.317 e. The van der Waals surface area contributed by atoms with Gasteiger partial charge in [0.15, 0.2) is 5.92 Å². The molecule has 4 heteroatoms. The first kappa shape index (κ1) is 14.8. The van der Waals surface area contributed by atoms with Crippen molar-refractivity contribution in [1.29, 1.82) is 0 Å². The maximum Gasteiger partial charge on any atom is 0.317 e. The second kappa shape index (κ2) is 6.70.